The molecule has 0 bridgehead atoms. The van der Waals surface area contributed by atoms with Crippen LogP contribution in [0.1, 0.15) is 52.3 Å². The highest BCUT2D eigenvalue weighted by atomic mass is 32.1. The number of aryl methyl sites for hydroxylation is 3. The van der Waals surface area contributed by atoms with Crippen LogP contribution in [-0.2, 0) is 4.79 Å². The van der Waals surface area contributed by atoms with Crippen LogP contribution in [-0.4, -0.2) is 37.0 Å². The molecule has 7 nitrogen and oxygen atoms in total. The summed E-state index contributed by atoms with van der Waals surface area (Å²) in [5.41, 5.74) is 7.27. The highest BCUT2D eigenvalue weighted by molar-refractivity contribution is 7.80. The second kappa shape index (κ2) is 10.8. The number of thiocarbonyl (C=S) groups is 1. The summed E-state index contributed by atoms with van der Waals surface area (Å²) in [6.07, 6.45) is 3.93. The van der Waals surface area contributed by atoms with Crippen molar-refractivity contribution in [2.24, 2.45) is 0 Å². The average Bonchev–Trinajstić information content (AvgIpc) is 3.39. The Morgan fingerprint density at radius 1 is 1.00 bits per heavy atom. The summed E-state index contributed by atoms with van der Waals surface area (Å²) in [6, 6.07) is 19.7. The number of hydrogen-bond acceptors (Lipinski definition) is 4. The third-order valence-electron chi connectivity index (χ3n) is 7.10. The molecule has 0 spiro atoms. The summed E-state index contributed by atoms with van der Waals surface area (Å²) in [4.78, 5) is 24.3. The number of anilines is 1. The first-order valence-electron chi connectivity index (χ1n) is 12.8. The molecular formula is C30H32N6OS. The number of hydrogen-bond donors (Lipinski definition) is 2. The van der Waals surface area contributed by atoms with Crippen LogP contribution in [0.5, 0.6) is 0 Å². The van der Waals surface area contributed by atoms with Crippen molar-refractivity contribution in [2.45, 2.75) is 46.2 Å². The first-order valence-corrected chi connectivity index (χ1v) is 13.2. The van der Waals surface area contributed by atoms with Gasteiger partial charge in [-0.3, -0.25) is 9.78 Å². The molecule has 38 heavy (non-hydrogen) atoms. The van der Waals surface area contributed by atoms with Crippen LogP contribution < -0.4 is 10.6 Å². The van der Waals surface area contributed by atoms with Gasteiger partial charge in [0, 0.05) is 42.4 Å². The van der Waals surface area contributed by atoms with E-state index in [-0.39, 0.29) is 18.0 Å². The van der Waals surface area contributed by atoms with E-state index in [0.29, 0.717) is 18.1 Å². The number of carbonyl (C=O) groups is 1. The molecule has 2 N–H and O–H groups in total. The van der Waals surface area contributed by atoms with Gasteiger partial charge in [-0.1, -0.05) is 29.8 Å². The van der Waals surface area contributed by atoms with Crippen LogP contribution in [0.2, 0.25) is 0 Å². The van der Waals surface area contributed by atoms with E-state index in [9.17, 15) is 4.79 Å². The lowest BCUT2D eigenvalue weighted by Crippen LogP contribution is -2.32. The zero-order valence-corrected chi connectivity index (χ0v) is 22.9. The topological polar surface area (TPSA) is 75.1 Å². The lowest BCUT2D eigenvalue weighted by Gasteiger charge is -2.28. The minimum atomic E-state index is -0.150. The molecular weight excluding hydrogens is 492 g/mol. The van der Waals surface area contributed by atoms with Gasteiger partial charge in [-0.05, 0) is 87.4 Å². The van der Waals surface area contributed by atoms with Gasteiger partial charge >= 0.3 is 0 Å². The second-order valence-corrected chi connectivity index (χ2v) is 10.2. The Morgan fingerprint density at radius 2 is 1.76 bits per heavy atom. The van der Waals surface area contributed by atoms with Gasteiger partial charge in [0.2, 0.25) is 5.91 Å². The monoisotopic (exact) mass is 524 g/mol. The standard InChI is InChI=1S/C30H32N6OS/c1-19-10-12-23(13-11-19)33-26(37)14-17-35-28(27(34-30(35)38)25-9-5-6-15-31-25)24-18-21(3)36(22(24)4)29-20(2)8-7-16-32-29/h5-13,15-16,18,27-28H,14,17H2,1-4H3,(H,33,37)(H,34,38)/t27-,28+/m0/s1. The van der Waals surface area contributed by atoms with Crippen molar-refractivity contribution in [1.82, 2.24) is 24.8 Å². The zero-order valence-electron chi connectivity index (χ0n) is 22.1. The fourth-order valence-electron chi connectivity index (χ4n) is 5.19. The number of nitrogens with one attached hydrogen (secondary N) is 2. The molecule has 1 fully saturated rings. The normalized spacial score (nSPS) is 16.9. The maximum atomic E-state index is 12.9. The molecule has 1 aromatic carbocycles. The van der Waals surface area contributed by atoms with Crippen LogP contribution in [0.15, 0.2) is 73.1 Å². The molecule has 0 unspecified atom stereocenters. The molecule has 2 atom stereocenters. The van der Waals surface area contributed by atoms with Gasteiger partial charge in [0.25, 0.3) is 0 Å². The quantitative estimate of drug-likeness (QED) is 0.311. The van der Waals surface area contributed by atoms with Gasteiger partial charge in [-0.25, -0.2) is 4.98 Å². The minimum absolute atomic E-state index is 0.0497. The van der Waals surface area contributed by atoms with Crippen molar-refractivity contribution in [1.29, 1.82) is 0 Å². The summed E-state index contributed by atoms with van der Waals surface area (Å²) in [5, 5.41) is 7.12. The molecule has 4 aromatic rings. The van der Waals surface area contributed by atoms with E-state index in [0.717, 1.165) is 45.3 Å². The lowest BCUT2D eigenvalue weighted by atomic mass is 9.96. The predicted octanol–water partition coefficient (Wildman–Crippen LogP) is 5.50. The third-order valence-corrected chi connectivity index (χ3v) is 7.45. The largest absolute Gasteiger partial charge is 0.352 e. The van der Waals surface area contributed by atoms with E-state index in [2.05, 4.69) is 63.0 Å². The van der Waals surface area contributed by atoms with E-state index in [1.807, 2.05) is 61.7 Å². The number of rotatable bonds is 7. The molecule has 1 amide bonds. The highest BCUT2D eigenvalue weighted by Crippen LogP contribution is 2.41. The molecule has 8 heteroatoms. The summed E-state index contributed by atoms with van der Waals surface area (Å²) >= 11 is 5.82. The number of amides is 1. The maximum absolute atomic E-state index is 12.9. The Hall–Kier alpha value is -4.04. The number of aromatic nitrogens is 3. The lowest BCUT2D eigenvalue weighted by molar-refractivity contribution is -0.116. The Bertz CT molecular complexity index is 1460. The Morgan fingerprint density at radius 3 is 2.47 bits per heavy atom. The highest BCUT2D eigenvalue weighted by Gasteiger charge is 2.41. The van der Waals surface area contributed by atoms with Crippen LogP contribution in [0.4, 0.5) is 5.69 Å². The van der Waals surface area contributed by atoms with Gasteiger partial charge < -0.3 is 20.1 Å². The zero-order chi connectivity index (χ0) is 26.8. The van der Waals surface area contributed by atoms with Crippen molar-refractivity contribution in [3.8, 4) is 5.82 Å². The third kappa shape index (κ3) is 5.04. The number of benzene rings is 1. The number of carbonyl (C=O) groups excluding carboxylic acids is 1. The molecule has 0 aliphatic carbocycles. The van der Waals surface area contributed by atoms with E-state index in [1.54, 1.807) is 6.20 Å². The van der Waals surface area contributed by atoms with Crippen molar-refractivity contribution in [3.05, 3.63) is 107 Å². The average molecular weight is 525 g/mol. The number of nitrogens with zero attached hydrogens (tertiary/aromatic N) is 4. The van der Waals surface area contributed by atoms with Gasteiger partial charge in [0.15, 0.2) is 5.11 Å². The van der Waals surface area contributed by atoms with E-state index in [4.69, 9.17) is 12.2 Å². The van der Waals surface area contributed by atoms with Gasteiger partial charge in [-0.15, -0.1) is 0 Å². The van der Waals surface area contributed by atoms with E-state index in [1.165, 1.54) is 0 Å². The Labute approximate surface area is 228 Å². The second-order valence-electron chi connectivity index (χ2n) is 9.79. The smallest absolute Gasteiger partial charge is 0.226 e. The molecule has 1 aliphatic heterocycles. The number of pyridine rings is 2. The SMILES string of the molecule is Cc1ccc(NC(=O)CCN2C(=S)N[C@@H](c3ccccn3)[C@H]2c2cc(C)n(-c3ncccc3C)c2C)cc1. The van der Waals surface area contributed by atoms with Gasteiger partial charge in [0.05, 0.1) is 17.8 Å². The maximum Gasteiger partial charge on any atom is 0.226 e. The molecule has 5 rings (SSSR count). The van der Waals surface area contributed by atoms with E-state index < -0.39 is 0 Å². The van der Waals surface area contributed by atoms with Crippen LogP contribution in [0, 0.1) is 27.7 Å². The molecule has 1 aliphatic rings. The van der Waals surface area contributed by atoms with Crippen molar-refractivity contribution >= 4 is 28.9 Å². The molecule has 0 saturated carbocycles. The van der Waals surface area contributed by atoms with Crippen LogP contribution >= 0.6 is 12.2 Å². The van der Waals surface area contributed by atoms with Gasteiger partial charge in [0.1, 0.15) is 5.82 Å². The minimum Gasteiger partial charge on any atom is -0.352 e. The first-order chi connectivity index (χ1) is 18.3. The van der Waals surface area contributed by atoms with Crippen LogP contribution in [0.3, 0.4) is 0 Å². The van der Waals surface area contributed by atoms with Gasteiger partial charge in [-0.2, -0.15) is 0 Å². The fraction of sp³-hybridized carbons (Fsp3) is 0.267. The van der Waals surface area contributed by atoms with Crippen molar-refractivity contribution < 1.29 is 4.79 Å². The fourth-order valence-corrected chi connectivity index (χ4v) is 5.52. The molecule has 4 heterocycles. The van der Waals surface area contributed by atoms with Crippen LogP contribution in [0.25, 0.3) is 5.82 Å². The summed E-state index contributed by atoms with van der Waals surface area (Å²) in [6.45, 7) is 8.79. The predicted molar refractivity (Wildman–Crippen MR) is 154 cm³/mol. The molecule has 0 radical (unpaired) electrons. The summed E-state index contributed by atoms with van der Waals surface area (Å²) in [5.74, 6) is 0.868. The first kappa shape index (κ1) is 25.6. The Balaban J connectivity index is 1.47. The molecule has 1 saturated heterocycles. The van der Waals surface area contributed by atoms with Crippen molar-refractivity contribution in [2.75, 3.05) is 11.9 Å². The molecule has 194 valence electrons. The summed E-state index contributed by atoms with van der Waals surface area (Å²) < 4.78 is 2.20. The Kier molecular flexibility index (Phi) is 7.24. The van der Waals surface area contributed by atoms with Crippen molar-refractivity contribution in [3.63, 3.8) is 0 Å². The van der Waals surface area contributed by atoms with E-state index >= 15 is 0 Å². The molecule has 3 aromatic heterocycles. The summed E-state index contributed by atoms with van der Waals surface area (Å²) in [7, 11) is 0.